The molecule has 454 valence electrons. The fourth-order valence-corrected chi connectivity index (χ4v) is 9.76. The smallest absolute Gasteiger partial charge is 0.294 e. The SMILES string of the molecule is FC(F)(F)c1cc([B-](c2cc(C(F)(F)F)cc(C(F)(F)F)c2)(c2cc(C(F)(F)F)cc(C(F)(F)F)c2)c2cc(C(F)(F)F)cc(C(F)(F)F)c2)cc(C(F)(F)F)c1.O=C(Cc1c2ccccc2cc[n+]1CC(=O)c1ccccc1)c1ccc(Br)cc1. The Morgan fingerprint density at radius 3 is 0.953 bits per heavy atom. The van der Waals surface area contributed by atoms with E-state index in [0.29, 0.717) is 11.1 Å². The van der Waals surface area contributed by atoms with Gasteiger partial charge in [0.15, 0.2) is 17.7 Å². The zero-order valence-corrected chi connectivity index (χ0v) is 43.9. The number of halogens is 25. The summed E-state index contributed by atoms with van der Waals surface area (Å²) in [7, 11) is 0. The molecule has 0 saturated carbocycles. The average Bonchev–Trinajstić information content (AvgIpc) is 0.810. The third-order valence-corrected chi connectivity index (χ3v) is 13.9. The molecule has 0 saturated heterocycles. The Hall–Kier alpha value is -7.85. The molecule has 8 rings (SSSR count). The molecule has 8 aromatic rings. The van der Waals surface area contributed by atoms with Crippen LogP contribution >= 0.6 is 15.9 Å². The number of benzene rings is 7. The zero-order valence-electron chi connectivity index (χ0n) is 42.3. The average molecular weight is 1310 g/mol. The van der Waals surface area contributed by atoms with Crippen LogP contribution in [-0.2, 0) is 62.4 Å². The number of hydrogen-bond acceptors (Lipinski definition) is 2. The molecule has 1 heterocycles. The summed E-state index contributed by atoms with van der Waals surface area (Å²) in [6.45, 7) is 0.192. The summed E-state index contributed by atoms with van der Waals surface area (Å²) < 4.78 is 344. The molecule has 0 unspecified atom stereocenters. The number of hydrogen-bond donors (Lipinski definition) is 0. The van der Waals surface area contributed by atoms with Gasteiger partial charge in [-0.15, -0.1) is 0 Å². The highest BCUT2D eigenvalue weighted by Gasteiger charge is 2.47. The second-order valence-corrected chi connectivity index (χ2v) is 20.0. The van der Waals surface area contributed by atoms with Crippen molar-refractivity contribution in [3.8, 4) is 0 Å². The van der Waals surface area contributed by atoms with Crippen LogP contribution in [0.5, 0.6) is 0 Å². The third-order valence-electron chi connectivity index (χ3n) is 13.4. The highest BCUT2D eigenvalue weighted by molar-refractivity contribution is 9.10. The lowest BCUT2D eigenvalue weighted by molar-refractivity contribution is -0.688. The number of ketones is 2. The minimum atomic E-state index is -6.13. The molecule has 29 heteroatoms. The van der Waals surface area contributed by atoms with E-state index in [1.807, 2.05) is 95.7 Å². The van der Waals surface area contributed by atoms with Crippen LogP contribution in [0.3, 0.4) is 0 Å². The topological polar surface area (TPSA) is 38.0 Å². The van der Waals surface area contributed by atoms with Crippen LogP contribution in [0.25, 0.3) is 10.8 Å². The number of pyridine rings is 1. The number of carbonyl (C=O) groups is 2. The van der Waals surface area contributed by atoms with Crippen molar-refractivity contribution in [2.75, 3.05) is 0 Å². The van der Waals surface area contributed by atoms with Crippen molar-refractivity contribution in [2.45, 2.75) is 62.4 Å². The lowest BCUT2D eigenvalue weighted by atomic mass is 9.12. The van der Waals surface area contributed by atoms with Gasteiger partial charge in [0.1, 0.15) is 6.15 Å². The maximum atomic E-state index is 14.2. The quantitative estimate of drug-likeness (QED) is 0.0592. The van der Waals surface area contributed by atoms with E-state index >= 15 is 0 Å². The fraction of sp³-hybridized carbons (Fsp3) is 0.175. The van der Waals surface area contributed by atoms with E-state index in [4.69, 9.17) is 0 Å². The van der Waals surface area contributed by atoms with Crippen molar-refractivity contribution in [3.63, 3.8) is 0 Å². The van der Waals surface area contributed by atoms with Crippen LogP contribution in [0.4, 0.5) is 105 Å². The number of rotatable bonds is 10. The maximum Gasteiger partial charge on any atom is 0.416 e. The van der Waals surface area contributed by atoms with Gasteiger partial charge in [-0.25, -0.2) is 0 Å². The van der Waals surface area contributed by atoms with Gasteiger partial charge in [-0.05, 0) is 47.9 Å². The van der Waals surface area contributed by atoms with Gasteiger partial charge in [-0.3, -0.25) is 9.59 Å². The third kappa shape index (κ3) is 14.9. The molecule has 0 N–H and O–H groups in total. The first kappa shape index (κ1) is 65.7. The molecule has 0 fully saturated rings. The fourth-order valence-electron chi connectivity index (χ4n) is 9.50. The predicted molar refractivity (Wildman–Crippen MR) is 267 cm³/mol. The standard InChI is InChI=1S/C32H12BF24.C25H19BrNO2/c34-25(35,36)13-1-14(26(37,38)39)6-21(5-13)33(22-7-15(27(40,41)42)2-16(8-22)28(43,44)45,23-9-17(29(46,47)48)3-18(10-23)30(49,50)51)24-11-19(31(52,53)54)4-20(12-24)32(55,56)57;26-21-12-10-20(11-13-21)24(28)16-23-22-9-5-4-6-18(22)14-15-27(23)17-25(29)19-7-2-1-3-8-19/h1-12H;1-15H,16-17H2/q-1;+1. The molecule has 0 radical (unpaired) electrons. The monoisotopic (exact) mass is 1310 g/mol. The zero-order chi connectivity index (χ0) is 64.1. The minimum Gasteiger partial charge on any atom is -0.294 e. The molecule has 0 aliphatic heterocycles. The summed E-state index contributed by atoms with van der Waals surface area (Å²) in [4.78, 5) is 25.7. The molecule has 0 spiro atoms. The van der Waals surface area contributed by atoms with Crippen LogP contribution in [0, 0.1) is 0 Å². The number of fused-ring (bicyclic) bond motifs is 1. The number of alkyl halides is 24. The Morgan fingerprint density at radius 1 is 0.349 bits per heavy atom. The van der Waals surface area contributed by atoms with E-state index in [-0.39, 0.29) is 24.5 Å². The molecule has 86 heavy (non-hydrogen) atoms. The molecule has 0 atom stereocenters. The molecular formula is C57H31BBrF24NO2. The molecule has 0 amide bonds. The van der Waals surface area contributed by atoms with Gasteiger partial charge >= 0.3 is 49.4 Å². The molecule has 0 aliphatic rings. The van der Waals surface area contributed by atoms with Crippen LogP contribution < -0.4 is 26.4 Å². The van der Waals surface area contributed by atoms with Crippen molar-refractivity contribution in [1.29, 1.82) is 0 Å². The Morgan fingerprint density at radius 2 is 0.640 bits per heavy atom. The molecule has 7 aromatic carbocycles. The van der Waals surface area contributed by atoms with Crippen molar-refractivity contribution in [2.24, 2.45) is 0 Å². The summed E-state index contributed by atoms with van der Waals surface area (Å²) in [6, 6.07) is 17.7. The van der Waals surface area contributed by atoms with Crippen LogP contribution in [-0.4, -0.2) is 17.7 Å². The van der Waals surface area contributed by atoms with E-state index < -0.39 is 195 Å². The molecule has 3 nitrogen and oxygen atoms in total. The van der Waals surface area contributed by atoms with Gasteiger partial charge in [-0.2, -0.15) is 132 Å². The van der Waals surface area contributed by atoms with Crippen LogP contribution in [0.2, 0.25) is 0 Å². The highest BCUT2D eigenvalue weighted by Crippen LogP contribution is 2.42. The Bertz CT molecular complexity index is 3380. The second-order valence-electron chi connectivity index (χ2n) is 19.1. The van der Waals surface area contributed by atoms with E-state index in [0.717, 1.165) is 20.9 Å². The summed E-state index contributed by atoms with van der Waals surface area (Å²) in [5, 5.41) is 2.04. The highest BCUT2D eigenvalue weighted by atomic mass is 79.9. The van der Waals surface area contributed by atoms with E-state index in [1.54, 1.807) is 0 Å². The molecule has 0 bridgehead atoms. The summed E-state index contributed by atoms with van der Waals surface area (Å²) in [5.74, 6) is 0.0398. The summed E-state index contributed by atoms with van der Waals surface area (Å²) in [6.07, 6.45) is -52.7. The van der Waals surface area contributed by atoms with Gasteiger partial charge in [0.25, 0.3) is 0 Å². The van der Waals surface area contributed by atoms with Crippen LogP contribution in [0.1, 0.15) is 70.9 Å². The lowest BCUT2D eigenvalue weighted by Gasteiger charge is -2.46. The normalized spacial score (nSPS) is 13.1. The molecule has 1 aromatic heterocycles. The largest absolute Gasteiger partial charge is 0.416 e. The number of Topliss-reactive ketones (excluding diaryl/α,β-unsaturated/α-hetero) is 2. The van der Waals surface area contributed by atoms with E-state index in [9.17, 15) is 115 Å². The van der Waals surface area contributed by atoms with Gasteiger partial charge < -0.3 is 0 Å². The van der Waals surface area contributed by atoms with Crippen molar-refractivity contribution in [3.05, 3.63) is 230 Å². The van der Waals surface area contributed by atoms with Crippen LogP contribution in [0.15, 0.2) is 168 Å². The second kappa shape index (κ2) is 23.4. The van der Waals surface area contributed by atoms with Gasteiger partial charge in [0.05, 0.1) is 50.9 Å². The number of aromatic nitrogens is 1. The Balaban J connectivity index is 0.000000302. The van der Waals surface area contributed by atoms with Gasteiger partial charge in [-0.1, -0.05) is 125 Å². The molecule has 0 aliphatic carbocycles. The first-order valence-corrected chi connectivity index (χ1v) is 24.8. The molecular weight excluding hydrogens is 1280 g/mol. The summed E-state index contributed by atoms with van der Waals surface area (Å²) >= 11 is 3.40. The first-order chi connectivity index (χ1) is 39.4. The number of nitrogens with zero attached hydrogens (tertiary/aromatic N) is 1. The van der Waals surface area contributed by atoms with Gasteiger partial charge in [0, 0.05) is 27.1 Å². The van der Waals surface area contributed by atoms with E-state index in [1.165, 1.54) is 0 Å². The predicted octanol–water partition coefficient (Wildman–Crippen LogP) is 16.4. The Kier molecular flexibility index (Phi) is 17.9. The van der Waals surface area contributed by atoms with Crippen molar-refractivity contribution in [1.82, 2.24) is 0 Å². The van der Waals surface area contributed by atoms with Gasteiger partial charge in [0.2, 0.25) is 12.3 Å². The van der Waals surface area contributed by atoms with Crippen molar-refractivity contribution >= 4 is 66.3 Å². The van der Waals surface area contributed by atoms with E-state index in [2.05, 4.69) is 15.9 Å². The first-order valence-electron chi connectivity index (χ1n) is 24.0. The maximum absolute atomic E-state index is 14.2. The lowest BCUT2D eigenvalue weighted by Crippen LogP contribution is -2.75. The minimum absolute atomic E-state index is 0.0169. The van der Waals surface area contributed by atoms with Crippen molar-refractivity contribution < 1.29 is 120 Å². The summed E-state index contributed by atoms with van der Waals surface area (Å²) in [5.41, 5.74) is -28.0. The number of carbonyl (C=O) groups excluding carboxylic acids is 2. The Labute approximate surface area is 476 Å².